The molecule has 0 atom stereocenters. The quantitative estimate of drug-likeness (QED) is 0.445. The molecule has 0 bridgehead atoms. The van der Waals surface area contributed by atoms with Crippen molar-refractivity contribution >= 4 is 34.6 Å². The molecular weight excluding hydrogens is 274 g/mol. The number of halogens is 2. The van der Waals surface area contributed by atoms with E-state index in [0.29, 0.717) is 11.8 Å². The highest BCUT2D eigenvalue weighted by Crippen LogP contribution is 2.15. The summed E-state index contributed by atoms with van der Waals surface area (Å²) in [5.74, 6) is -2.05. The Bertz CT molecular complexity index is 533. The van der Waals surface area contributed by atoms with Crippen LogP contribution in [0.3, 0.4) is 0 Å². The highest BCUT2D eigenvalue weighted by molar-refractivity contribution is 7.80. The van der Waals surface area contributed by atoms with E-state index in [1.165, 1.54) is 0 Å². The first kappa shape index (κ1) is 15.0. The van der Waals surface area contributed by atoms with Gasteiger partial charge in [-0.1, -0.05) is 0 Å². The Morgan fingerprint density at radius 3 is 2.74 bits per heavy atom. The van der Waals surface area contributed by atoms with Crippen LogP contribution in [0.25, 0.3) is 0 Å². The lowest BCUT2D eigenvalue weighted by Gasteiger charge is -2.06. The topological polar surface area (TPSA) is 79.5 Å². The van der Waals surface area contributed by atoms with Gasteiger partial charge in [-0.05, 0) is 31.3 Å². The molecule has 0 aliphatic carbocycles. The summed E-state index contributed by atoms with van der Waals surface area (Å²) in [6.07, 6.45) is -0.0770. The smallest absolute Gasteiger partial charge is 0.230 e. The first-order valence-electron chi connectivity index (χ1n) is 5.22. The minimum Gasteiger partial charge on any atom is -0.375 e. The lowest BCUT2D eigenvalue weighted by Crippen LogP contribution is -2.26. The van der Waals surface area contributed by atoms with E-state index in [1.807, 2.05) is 0 Å². The molecular formula is C11H12F2N4OS. The molecule has 0 aliphatic heterocycles. The highest BCUT2D eigenvalue weighted by atomic mass is 32.1. The fraction of sp³-hybridized carbons (Fsp3) is 0.182. The Kier molecular flexibility index (Phi) is 5.31. The fourth-order valence-electron chi connectivity index (χ4n) is 1.21. The van der Waals surface area contributed by atoms with Gasteiger partial charge < -0.3 is 11.1 Å². The van der Waals surface area contributed by atoms with Gasteiger partial charge in [0.05, 0.1) is 12.1 Å². The van der Waals surface area contributed by atoms with Crippen LogP contribution in [0, 0.1) is 11.6 Å². The summed E-state index contributed by atoms with van der Waals surface area (Å²) in [4.78, 5) is 11.6. The summed E-state index contributed by atoms with van der Waals surface area (Å²) in [5.41, 5.74) is 7.80. The monoisotopic (exact) mass is 286 g/mol. The van der Waals surface area contributed by atoms with E-state index in [1.54, 1.807) is 6.92 Å². The molecule has 1 aromatic rings. The van der Waals surface area contributed by atoms with Crippen LogP contribution in [-0.2, 0) is 4.79 Å². The predicted molar refractivity (Wildman–Crippen MR) is 72.6 cm³/mol. The van der Waals surface area contributed by atoms with E-state index in [2.05, 4.69) is 28.1 Å². The maximum Gasteiger partial charge on any atom is 0.230 e. The molecule has 19 heavy (non-hydrogen) atoms. The molecule has 0 aliphatic rings. The van der Waals surface area contributed by atoms with Gasteiger partial charge >= 0.3 is 0 Å². The van der Waals surface area contributed by atoms with Crippen molar-refractivity contribution in [3.8, 4) is 0 Å². The molecule has 0 saturated heterocycles. The van der Waals surface area contributed by atoms with Crippen LogP contribution >= 0.6 is 12.2 Å². The second-order valence-corrected chi connectivity index (χ2v) is 4.11. The number of hydrogen-bond acceptors (Lipinski definition) is 3. The van der Waals surface area contributed by atoms with Gasteiger partial charge in [-0.2, -0.15) is 5.10 Å². The molecule has 0 unspecified atom stereocenters. The van der Waals surface area contributed by atoms with E-state index in [-0.39, 0.29) is 17.2 Å². The maximum absolute atomic E-state index is 13.3. The number of carbonyl (C=O) groups excluding carboxylic acids is 1. The fourth-order valence-corrected chi connectivity index (χ4v) is 1.25. The lowest BCUT2D eigenvalue weighted by atomic mass is 10.2. The average Bonchev–Trinajstić information content (AvgIpc) is 2.30. The molecule has 0 heterocycles. The third-order valence-electron chi connectivity index (χ3n) is 1.98. The van der Waals surface area contributed by atoms with Crippen molar-refractivity contribution in [1.29, 1.82) is 0 Å². The van der Waals surface area contributed by atoms with Gasteiger partial charge in [-0.3, -0.25) is 10.2 Å². The number of hydrazone groups is 1. The number of hydrogen-bond donors (Lipinski definition) is 3. The van der Waals surface area contributed by atoms with Crippen molar-refractivity contribution in [3.05, 3.63) is 29.8 Å². The molecule has 0 saturated carbocycles. The number of amides is 1. The van der Waals surface area contributed by atoms with Crippen molar-refractivity contribution in [2.75, 3.05) is 5.32 Å². The van der Waals surface area contributed by atoms with E-state index >= 15 is 0 Å². The van der Waals surface area contributed by atoms with Crippen LogP contribution in [0.1, 0.15) is 13.3 Å². The number of thiocarbonyl (C=S) groups is 1. The van der Waals surface area contributed by atoms with Crippen molar-refractivity contribution in [2.45, 2.75) is 13.3 Å². The minimum atomic E-state index is -0.843. The molecule has 0 aromatic heterocycles. The zero-order valence-corrected chi connectivity index (χ0v) is 10.9. The zero-order chi connectivity index (χ0) is 14.4. The first-order chi connectivity index (χ1) is 8.88. The third kappa shape index (κ3) is 5.38. The van der Waals surface area contributed by atoms with Gasteiger partial charge in [0.2, 0.25) is 5.91 Å². The van der Waals surface area contributed by atoms with E-state index in [4.69, 9.17) is 5.73 Å². The van der Waals surface area contributed by atoms with Crippen LogP contribution in [0.2, 0.25) is 0 Å². The Morgan fingerprint density at radius 2 is 2.16 bits per heavy atom. The summed E-state index contributed by atoms with van der Waals surface area (Å²) in [5, 5.41) is 6.01. The molecule has 5 nitrogen and oxygen atoms in total. The number of nitrogens with two attached hydrogens (primary N) is 1. The molecule has 1 rings (SSSR count). The predicted octanol–water partition coefficient (Wildman–Crippen LogP) is 1.50. The summed E-state index contributed by atoms with van der Waals surface area (Å²) in [7, 11) is 0. The standard InChI is InChI=1S/C11H12F2N4OS/c1-6(16-17-11(14)19)4-10(18)15-9-3-2-7(12)5-8(9)13/h2-3,5H,4H2,1H3,(H,15,18)(H3,14,17,19)/b16-6-. The van der Waals surface area contributed by atoms with Crippen LogP contribution in [0.5, 0.6) is 0 Å². The first-order valence-corrected chi connectivity index (χ1v) is 5.63. The normalized spacial score (nSPS) is 11.0. The maximum atomic E-state index is 13.3. The Morgan fingerprint density at radius 1 is 1.47 bits per heavy atom. The Labute approximate surface area is 113 Å². The number of nitrogens with zero attached hydrogens (tertiary/aromatic N) is 1. The summed E-state index contributed by atoms with van der Waals surface area (Å²) in [6, 6.07) is 2.88. The number of nitrogens with one attached hydrogen (secondary N) is 2. The third-order valence-corrected chi connectivity index (χ3v) is 2.07. The second-order valence-electron chi connectivity index (χ2n) is 3.67. The van der Waals surface area contributed by atoms with Crippen molar-refractivity contribution in [1.82, 2.24) is 5.43 Å². The zero-order valence-electron chi connectivity index (χ0n) is 10.0. The summed E-state index contributed by atoms with van der Waals surface area (Å²) in [6.45, 7) is 1.58. The second kappa shape index (κ2) is 6.74. The number of carbonyl (C=O) groups is 1. The highest BCUT2D eigenvalue weighted by Gasteiger charge is 2.09. The molecule has 8 heteroatoms. The Hall–Kier alpha value is -2.09. The number of benzene rings is 1. The van der Waals surface area contributed by atoms with Gasteiger partial charge in [0.15, 0.2) is 5.11 Å². The van der Waals surface area contributed by atoms with E-state index in [9.17, 15) is 13.6 Å². The SMILES string of the molecule is C/C(CC(=O)Nc1ccc(F)cc1F)=N/NC(N)=S. The van der Waals surface area contributed by atoms with Crippen molar-refractivity contribution in [3.63, 3.8) is 0 Å². The number of rotatable bonds is 4. The van der Waals surface area contributed by atoms with Crippen LogP contribution in [0.15, 0.2) is 23.3 Å². The molecule has 1 aromatic carbocycles. The van der Waals surface area contributed by atoms with E-state index < -0.39 is 17.5 Å². The minimum absolute atomic E-state index is 0.0238. The summed E-state index contributed by atoms with van der Waals surface area (Å²) < 4.78 is 25.9. The van der Waals surface area contributed by atoms with E-state index in [0.717, 1.165) is 12.1 Å². The molecule has 0 fully saturated rings. The largest absolute Gasteiger partial charge is 0.375 e. The molecule has 4 N–H and O–H groups in total. The molecule has 1 amide bonds. The summed E-state index contributed by atoms with van der Waals surface area (Å²) >= 11 is 4.54. The van der Waals surface area contributed by atoms with Crippen molar-refractivity contribution in [2.24, 2.45) is 10.8 Å². The van der Waals surface area contributed by atoms with Gasteiger partial charge in [0.1, 0.15) is 11.6 Å². The van der Waals surface area contributed by atoms with Crippen LogP contribution in [-0.4, -0.2) is 16.7 Å². The average molecular weight is 286 g/mol. The van der Waals surface area contributed by atoms with Gasteiger partial charge in [-0.25, -0.2) is 8.78 Å². The number of anilines is 1. The van der Waals surface area contributed by atoms with Gasteiger partial charge in [-0.15, -0.1) is 0 Å². The van der Waals surface area contributed by atoms with Crippen LogP contribution < -0.4 is 16.5 Å². The van der Waals surface area contributed by atoms with Gasteiger partial charge in [0.25, 0.3) is 0 Å². The molecule has 0 spiro atoms. The Balaban J connectivity index is 2.60. The van der Waals surface area contributed by atoms with Crippen molar-refractivity contribution < 1.29 is 13.6 Å². The lowest BCUT2D eigenvalue weighted by molar-refractivity contribution is -0.115. The molecule has 0 radical (unpaired) electrons. The molecule has 102 valence electrons. The van der Waals surface area contributed by atoms with Gasteiger partial charge in [0, 0.05) is 11.8 Å². The van der Waals surface area contributed by atoms with Crippen LogP contribution in [0.4, 0.5) is 14.5 Å².